The van der Waals surface area contributed by atoms with Crippen LogP contribution in [-0.4, -0.2) is 5.33 Å². The third kappa shape index (κ3) is 7.15. The van der Waals surface area contributed by atoms with Gasteiger partial charge in [0.2, 0.25) is 0 Å². The van der Waals surface area contributed by atoms with Gasteiger partial charge in [-0.3, -0.25) is 0 Å². The van der Waals surface area contributed by atoms with E-state index in [0.29, 0.717) is 0 Å². The van der Waals surface area contributed by atoms with Crippen molar-refractivity contribution in [3.8, 4) is 0 Å². The summed E-state index contributed by atoms with van der Waals surface area (Å²) in [6.45, 7) is 9.23. The standard InChI is InChI=1S/C11H23Br/c1-9(2)5-6-11(8-12)7-10(3)4/h9-11H,5-8H2,1-4H3. The number of hydrogen-bond acceptors (Lipinski definition) is 0. The molecular weight excluding hydrogens is 212 g/mol. The molecule has 12 heavy (non-hydrogen) atoms. The van der Waals surface area contributed by atoms with E-state index in [9.17, 15) is 0 Å². The molecule has 0 aliphatic carbocycles. The van der Waals surface area contributed by atoms with Crippen LogP contribution in [-0.2, 0) is 0 Å². The Morgan fingerprint density at radius 3 is 1.83 bits per heavy atom. The largest absolute Gasteiger partial charge is 0.0925 e. The molecule has 0 saturated heterocycles. The van der Waals surface area contributed by atoms with Gasteiger partial charge in [-0.2, -0.15) is 0 Å². The van der Waals surface area contributed by atoms with Gasteiger partial charge in [0.15, 0.2) is 0 Å². The lowest BCUT2D eigenvalue weighted by Crippen LogP contribution is -2.07. The highest BCUT2D eigenvalue weighted by Gasteiger charge is 2.09. The average molecular weight is 235 g/mol. The van der Waals surface area contributed by atoms with Crippen molar-refractivity contribution in [1.29, 1.82) is 0 Å². The van der Waals surface area contributed by atoms with Gasteiger partial charge < -0.3 is 0 Å². The van der Waals surface area contributed by atoms with Crippen molar-refractivity contribution in [3.05, 3.63) is 0 Å². The topological polar surface area (TPSA) is 0 Å². The predicted octanol–water partition coefficient (Wildman–Crippen LogP) is 4.48. The maximum Gasteiger partial charge on any atom is 0.00597 e. The molecule has 0 aliphatic rings. The van der Waals surface area contributed by atoms with Gasteiger partial charge >= 0.3 is 0 Å². The van der Waals surface area contributed by atoms with Crippen LogP contribution in [0.15, 0.2) is 0 Å². The molecule has 1 unspecified atom stereocenters. The number of halogens is 1. The summed E-state index contributed by atoms with van der Waals surface area (Å²) in [7, 11) is 0. The van der Waals surface area contributed by atoms with Gasteiger partial charge in [-0.1, -0.05) is 50.0 Å². The van der Waals surface area contributed by atoms with Gasteiger partial charge in [0.05, 0.1) is 0 Å². The Balaban J connectivity index is 3.53. The highest BCUT2D eigenvalue weighted by molar-refractivity contribution is 9.09. The molecule has 0 N–H and O–H groups in total. The quantitative estimate of drug-likeness (QED) is 0.595. The van der Waals surface area contributed by atoms with Gasteiger partial charge in [0.25, 0.3) is 0 Å². The predicted molar refractivity (Wildman–Crippen MR) is 60.8 cm³/mol. The Bertz CT molecular complexity index is 97.2. The second-order valence-electron chi connectivity index (χ2n) is 4.62. The van der Waals surface area contributed by atoms with Gasteiger partial charge in [0, 0.05) is 5.33 Å². The van der Waals surface area contributed by atoms with E-state index in [4.69, 9.17) is 0 Å². The zero-order valence-corrected chi connectivity index (χ0v) is 10.5. The van der Waals surface area contributed by atoms with Crippen LogP contribution in [0.2, 0.25) is 0 Å². The first-order valence-electron chi connectivity index (χ1n) is 5.12. The minimum Gasteiger partial charge on any atom is -0.0925 e. The van der Waals surface area contributed by atoms with Crippen molar-refractivity contribution in [1.82, 2.24) is 0 Å². The molecule has 0 bridgehead atoms. The Labute approximate surface area is 86.3 Å². The first-order chi connectivity index (χ1) is 5.56. The summed E-state index contributed by atoms with van der Waals surface area (Å²) >= 11 is 3.59. The molecule has 1 heteroatoms. The van der Waals surface area contributed by atoms with Crippen LogP contribution < -0.4 is 0 Å². The summed E-state index contributed by atoms with van der Waals surface area (Å²) in [5, 5.41) is 1.18. The van der Waals surface area contributed by atoms with Gasteiger partial charge in [-0.15, -0.1) is 0 Å². The minimum atomic E-state index is 0.847. The fourth-order valence-corrected chi connectivity index (χ4v) is 2.08. The van der Waals surface area contributed by atoms with Crippen LogP contribution in [0.4, 0.5) is 0 Å². The van der Waals surface area contributed by atoms with Crippen molar-refractivity contribution in [2.45, 2.75) is 47.0 Å². The average Bonchev–Trinajstić information content (AvgIpc) is 1.97. The monoisotopic (exact) mass is 234 g/mol. The van der Waals surface area contributed by atoms with Crippen molar-refractivity contribution in [2.75, 3.05) is 5.33 Å². The molecule has 74 valence electrons. The molecule has 0 heterocycles. The highest BCUT2D eigenvalue weighted by Crippen LogP contribution is 2.21. The van der Waals surface area contributed by atoms with E-state index in [1.54, 1.807) is 0 Å². The highest BCUT2D eigenvalue weighted by atomic mass is 79.9. The number of alkyl halides is 1. The van der Waals surface area contributed by atoms with E-state index < -0.39 is 0 Å². The summed E-state index contributed by atoms with van der Waals surface area (Å²) in [5.41, 5.74) is 0. The molecule has 0 spiro atoms. The molecule has 0 aromatic carbocycles. The molecule has 0 aromatic rings. The molecule has 0 aliphatic heterocycles. The van der Waals surface area contributed by atoms with Crippen LogP contribution in [0.5, 0.6) is 0 Å². The van der Waals surface area contributed by atoms with E-state index in [1.165, 1.54) is 24.6 Å². The van der Waals surface area contributed by atoms with Crippen LogP contribution in [0.3, 0.4) is 0 Å². The SMILES string of the molecule is CC(C)CCC(CBr)CC(C)C. The fourth-order valence-electron chi connectivity index (χ4n) is 1.49. The zero-order chi connectivity index (χ0) is 9.56. The third-order valence-electron chi connectivity index (χ3n) is 2.18. The van der Waals surface area contributed by atoms with Crippen molar-refractivity contribution < 1.29 is 0 Å². The summed E-state index contributed by atoms with van der Waals surface area (Å²) in [6.07, 6.45) is 4.14. The molecule has 0 rings (SSSR count). The van der Waals surface area contributed by atoms with Crippen LogP contribution in [0.25, 0.3) is 0 Å². The zero-order valence-electron chi connectivity index (χ0n) is 8.94. The van der Waals surface area contributed by atoms with E-state index >= 15 is 0 Å². The summed E-state index contributed by atoms with van der Waals surface area (Å²) in [4.78, 5) is 0. The first kappa shape index (κ1) is 12.5. The van der Waals surface area contributed by atoms with Crippen molar-refractivity contribution in [2.24, 2.45) is 17.8 Å². The van der Waals surface area contributed by atoms with Crippen LogP contribution in [0.1, 0.15) is 47.0 Å². The smallest absolute Gasteiger partial charge is 0.00597 e. The minimum absolute atomic E-state index is 0.847. The molecule has 0 radical (unpaired) electrons. The molecule has 0 nitrogen and oxygen atoms in total. The van der Waals surface area contributed by atoms with Gasteiger partial charge in [0.1, 0.15) is 0 Å². The van der Waals surface area contributed by atoms with E-state index in [1.807, 2.05) is 0 Å². The van der Waals surface area contributed by atoms with Crippen molar-refractivity contribution in [3.63, 3.8) is 0 Å². The summed E-state index contributed by atoms with van der Waals surface area (Å²) < 4.78 is 0. The Morgan fingerprint density at radius 1 is 0.917 bits per heavy atom. The molecular formula is C11H23Br. The lowest BCUT2D eigenvalue weighted by Gasteiger charge is -2.17. The molecule has 0 saturated carbocycles. The van der Waals surface area contributed by atoms with E-state index in [2.05, 4.69) is 43.6 Å². The normalized spacial score (nSPS) is 14.2. The van der Waals surface area contributed by atoms with Crippen LogP contribution in [0, 0.1) is 17.8 Å². The second-order valence-corrected chi connectivity index (χ2v) is 5.27. The lowest BCUT2D eigenvalue weighted by atomic mass is 9.92. The summed E-state index contributed by atoms with van der Waals surface area (Å²) in [5.74, 6) is 2.60. The summed E-state index contributed by atoms with van der Waals surface area (Å²) in [6, 6.07) is 0. The molecule has 1 atom stereocenters. The fraction of sp³-hybridized carbons (Fsp3) is 1.00. The molecule has 0 amide bonds. The van der Waals surface area contributed by atoms with E-state index in [0.717, 1.165) is 17.8 Å². The van der Waals surface area contributed by atoms with Gasteiger partial charge in [-0.25, -0.2) is 0 Å². The van der Waals surface area contributed by atoms with Crippen molar-refractivity contribution >= 4 is 15.9 Å². The first-order valence-corrected chi connectivity index (χ1v) is 6.24. The Kier molecular flexibility index (Phi) is 7.22. The second kappa shape index (κ2) is 6.94. The van der Waals surface area contributed by atoms with Crippen LogP contribution >= 0.6 is 15.9 Å². The maximum atomic E-state index is 3.59. The molecule has 0 aromatic heterocycles. The van der Waals surface area contributed by atoms with E-state index in [-0.39, 0.29) is 0 Å². The maximum absolute atomic E-state index is 3.59. The lowest BCUT2D eigenvalue weighted by molar-refractivity contribution is 0.387. The Hall–Kier alpha value is 0.480. The number of hydrogen-bond donors (Lipinski definition) is 0. The Morgan fingerprint density at radius 2 is 1.50 bits per heavy atom. The number of rotatable bonds is 6. The molecule has 0 fully saturated rings. The van der Waals surface area contributed by atoms with Gasteiger partial charge in [-0.05, 0) is 30.6 Å². The third-order valence-corrected chi connectivity index (χ3v) is 3.09.